The Balaban J connectivity index is 0.000000686. The largest absolute Gasteiger partial charge is 0.263 e. The van der Waals surface area contributed by atoms with Crippen molar-refractivity contribution < 1.29 is 0 Å². The van der Waals surface area contributed by atoms with Gasteiger partial charge in [-0.15, -0.1) is 0 Å². The van der Waals surface area contributed by atoms with E-state index in [-0.39, 0.29) is 0 Å². The molecular formula is C15H16N2. The number of rotatable bonds is 1. The molecule has 0 amide bonds. The predicted molar refractivity (Wildman–Crippen MR) is 70.5 cm³/mol. The van der Waals surface area contributed by atoms with Crippen LogP contribution in [0.2, 0.25) is 0 Å². The molecule has 0 saturated heterocycles. The van der Waals surface area contributed by atoms with Crippen LogP contribution in [0.15, 0.2) is 42.7 Å². The van der Waals surface area contributed by atoms with Crippen LogP contribution in [-0.2, 0) is 0 Å². The number of aromatic nitrogens is 1. The van der Waals surface area contributed by atoms with E-state index in [9.17, 15) is 0 Å². The molecule has 1 aromatic carbocycles. The topological polar surface area (TPSA) is 36.7 Å². The maximum Gasteiger partial charge on any atom is 0.101 e. The minimum atomic E-state index is 0.591. The first-order chi connectivity index (χ1) is 8.29. The predicted octanol–water partition coefficient (Wildman–Crippen LogP) is 3.95. The highest BCUT2D eigenvalue weighted by molar-refractivity contribution is 5.64. The van der Waals surface area contributed by atoms with Crippen LogP contribution in [-0.4, -0.2) is 4.98 Å². The van der Waals surface area contributed by atoms with E-state index >= 15 is 0 Å². The van der Waals surface area contributed by atoms with Gasteiger partial charge in [0, 0.05) is 18.0 Å². The monoisotopic (exact) mass is 224 g/mol. The second kappa shape index (κ2) is 6.44. The third kappa shape index (κ3) is 3.42. The maximum absolute atomic E-state index is 8.76. The molecule has 0 aliphatic rings. The van der Waals surface area contributed by atoms with Gasteiger partial charge in [0.15, 0.2) is 0 Å². The van der Waals surface area contributed by atoms with Gasteiger partial charge < -0.3 is 0 Å². The first kappa shape index (κ1) is 12.9. The van der Waals surface area contributed by atoms with E-state index < -0.39 is 0 Å². The van der Waals surface area contributed by atoms with Crippen molar-refractivity contribution in [1.82, 2.24) is 4.98 Å². The summed E-state index contributed by atoms with van der Waals surface area (Å²) in [6.07, 6.45) is 3.34. The number of hydrogen-bond acceptors (Lipinski definition) is 2. The lowest BCUT2D eigenvalue weighted by atomic mass is 10.1. The van der Waals surface area contributed by atoms with E-state index in [1.54, 1.807) is 12.4 Å². The Morgan fingerprint density at radius 3 is 2.24 bits per heavy atom. The molecule has 2 heteroatoms. The minimum Gasteiger partial charge on any atom is -0.263 e. The van der Waals surface area contributed by atoms with Gasteiger partial charge in [-0.25, -0.2) is 0 Å². The fourth-order valence-corrected chi connectivity index (χ4v) is 1.40. The molecule has 0 N–H and O–H groups in total. The van der Waals surface area contributed by atoms with Crippen molar-refractivity contribution in [3.63, 3.8) is 0 Å². The van der Waals surface area contributed by atoms with Crippen molar-refractivity contribution >= 4 is 0 Å². The summed E-state index contributed by atoms with van der Waals surface area (Å²) in [6.45, 7) is 6.05. The average Bonchev–Trinajstić information content (AvgIpc) is 2.42. The Morgan fingerprint density at radius 2 is 1.65 bits per heavy atom. The van der Waals surface area contributed by atoms with Crippen LogP contribution >= 0.6 is 0 Å². The van der Waals surface area contributed by atoms with E-state index in [1.807, 2.05) is 51.1 Å². The Morgan fingerprint density at radius 1 is 1.00 bits per heavy atom. The second-order valence-corrected chi connectivity index (χ2v) is 3.44. The molecule has 1 aromatic heterocycles. The van der Waals surface area contributed by atoms with Crippen molar-refractivity contribution in [2.24, 2.45) is 0 Å². The Kier molecular flexibility index (Phi) is 4.90. The summed E-state index contributed by atoms with van der Waals surface area (Å²) in [6, 6.07) is 12.1. The fraction of sp³-hybridized carbons (Fsp3) is 0.200. The molecule has 0 aliphatic heterocycles. The van der Waals surface area contributed by atoms with Gasteiger partial charge in [-0.2, -0.15) is 5.26 Å². The molecule has 17 heavy (non-hydrogen) atoms. The van der Waals surface area contributed by atoms with E-state index in [0.717, 1.165) is 11.1 Å². The van der Waals surface area contributed by atoms with Gasteiger partial charge >= 0.3 is 0 Å². The highest BCUT2D eigenvalue weighted by Gasteiger charge is 1.98. The Hall–Kier alpha value is -2.14. The SMILES string of the molecule is CC.Cc1ccc(-c2cncc(C#N)c2)cc1. The molecule has 1 heterocycles. The first-order valence-corrected chi connectivity index (χ1v) is 5.72. The van der Waals surface area contributed by atoms with Gasteiger partial charge in [0.1, 0.15) is 6.07 Å². The smallest absolute Gasteiger partial charge is 0.101 e. The molecule has 0 atom stereocenters. The highest BCUT2D eigenvalue weighted by Crippen LogP contribution is 2.19. The van der Waals surface area contributed by atoms with Crippen LogP contribution in [0.3, 0.4) is 0 Å². The zero-order chi connectivity index (χ0) is 12.7. The van der Waals surface area contributed by atoms with Crippen LogP contribution in [0.5, 0.6) is 0 Å². The lowest BCUT2D eigenvalue weighted by molar-refractivity contribution is 1.30. The van der Waals surface area contributed by atoms with Crippen LogP contribution in [0.25, 0.3) is 11.1 Å². The van der Waals surface area contributed by atoms with Crippen molar-refractivity contribution in [1.29, 1.82) is 5.26 Å². The minimum absolute atomic E-state index is 0.591. The van der Waals surface area contributed by atoms with Gasteiger partial charge in [0.25, 0.3) is 0 Å². The fourth-order valence-electron chi connectivity index (χ4n) is 1.40. The summed E-state index contributed by atoms with van der Waals surface area (Å²) >= 11 is 0. The number of hydrogen-bond donors (Lipinski definition) is 0. The van der Waals surface area contributed by atoms with Crippen LogP contribution in [0.1, 0.15) is 25.0 Å². The summed E-state index contributed by atoms with van der Waals surface area (Å²) in [5.74, 6) is 0. The molecule has 0 unspecified atom stereocenters. The summed E-state index contributed by atoms with van der Waals surface area (Å²) in [5, 5.41) is 8.76. The molecule has 0 radical (unpaired) electrons. The standard InChI is InChI=1S/C13H10N2.C2H6/c1-10-2-4-12(5-3-10)13-6-11(7-14)8-15-9-13;1-2/h2-6,8-9H,1H3;1-2H3. The zero-order valence-electron chi connectivity index (χ0n) is 10.4. The third-order valence-electron chi connectivity index (χ3n) is 2.25. The summed E-state index contributed by atoms with van der Waals surface area (Å²) in [7, 11) is 0. The lowest BCUT2D eigenvalue weighted by Crippen LogP contribution is -1.83. The Bertz CT molecular complexity index is 507. The molecule has 0 saturated carbocycles. The maximum atomic E-state index is 8.76. The van der Waals surface area contributed by atoms with E-state index in [1.165, 1.54) is 5.56 Å². The third-order valence-corrected chi connectivity index (χ3v) is 2.25. The second-order valence-electron chi connectivity index (χ2n) is 3.44. The number of aryl methyl sites for hydroxylation is 1. The molecule has 0 spiro atoms. The lowest BCUT2D eigenvalue weighted by Gasteiger charge is -2.01. The molecule has 0 bridgehead atoms. The van der Waals surface area contributed by atoms with Crippen LogP contribution in [0.4, 0.5) is 0 Å². The van der Waals surface area contributed by atoms with Crippen LogP contribution in [0, 0.1) is 18.3 Å². The molecule has 0 fully saturated rings. The molecular weight excluding hydrogens is 208 g/mol. The van der Waals surface area contributed by atoms with Crippen molar-refractivity contribution in [2.45, 2.75) is 20.8 Å². The van der Waals surface area contributed by atoms with Gasteiger partial charge in [-0.05, 0) is 18.6 Å². The van der Waals surface area contributed by atoms with E-state index in [2.05, 4.69) is 11.1 Å². The van der Waals surface area contributed by atoms with Gasteiger partial charge in [-0.1, -0.05) is 43.7 Å². The number of nitrogens with zero attached hydrogens (tertiary/aromatic N) is 2. The van der Waals surface area contributed by atoms with Crippen molar-refractivity contribution in [3.8, 4) is 17.2 Å². The quantitative estimate of drug-likeness (QED) is 0.735. The number of nitriles is 1. The average molecular weight is 224 g/mol. The molecule has 86 valence electrons. The summed E-state index contributed by atoms with van der Waals surface area (Å²) in [5.41, 5.74) is 3.88. The molecule has 2 nitrogen and oxygen atoms in total. The normalized spacial score (nSPS) is 8.82. The van der Waals surface area contributed by atoms with Crippen LogP contribution < -0.4 is 0 Å². The van der Waals surface area contributed by atoms with E-state index in [4.69, 9.17) is 5.26 Å². The van der Waals surface area contributed by atoms with E-state index in [0.29, 0.717) is 5.56 Å². The zero-order valence-corrected chi connectivity index (χ0v) is 10.4. The summed E-state index contributed by atoms with van der Waals surface area (Å²) < 4.78 is 0. The first-order valence-electron chi connectivity index (χ1n) is 5.72. The number of benzene rings is 1. The Labute approximate surface area is 103 Å². The summed E-state index contributed by atoms with van der Waals surface area (Å²) in [4.78, 5) is 4.03. The van der Waals surface area contributed by atoms with Gasteiger partial charge in [0.2, 0.25) is 0 Å². The van der Waals surface area contributed by atoms with Crippen molar-refractivity contribution in [3.05, 3.63) is 53.9 Å². The highest BCUT2D eigenvalue weighted by atomic mass is 14.6. The molecule has 2 rings (SSSR count). The van der Waals surface area contributed by atoms with Gasteiger partial charge in [-0.3, -0.25) is 4.98 Å². The molecule has 2 aromatic rings. The molecule has 0 aliphatic carbocycles. The number of pyridine rings is 1. The van der Waals surface area contributed by atoms with Gasteiger partial charge in [0.05, 0.1) is 5.56 Å². The van der Waals surface area contributed by atoms with Crippen molar-refractivity contribution in [2.75, 3.05) is 0 Å².